The second-order valence-corrected chi connectivity index (χ2v) is 4.78. The van der Waals surface area contributed by atoms with Crippen LogP contribution in [0.5, 0.6) is 0 Å². The van der Waals surface area contributed by atoms with Crippen molar-refractivity contribution in [2.45, 2.75) is 5.16 Å². The average molecular weight is 260 g/mol. The third kappa shape index (κ3) is 2.18. The van der Waals surface area contributed by atoms with Gasteiger partial charge in [-0.3, -0.25) is 4.98 Å². The van der Waals surface area contributed by atoms with Crippen LogP contribution in [0.25, 0.3) is 11.5 Å². The maximum absolute atomic E-state index is 10.9. The maximum Gasteiger partial charge on any atom is 0.273 e. The van der Waals surface area contributed by atoms with Crippen LogP contribution >= 0.6 is 11.6 Å². The zero-order valence-electron chi connectivity index (χ0n) is 7.75. The van der Waals surface area contributed by atoms with Crippen LogP contribution < -0.4 is 5.14 Å². The van der Waals surface area contributed by atoms with E-state index >= 15 is 0 Å². The molecule has 0 bridgehead atoms. The first kappa shape index (κ1) is 11.0. The van der Waals surface area contributed by atoms with Crippen LogP contribution in [0.2, 0.25) is 5.02 Å². The number of nitrogens with two attached hydrogens (primary N) is 1. The summed E-state index contributed by atoms with van der Waals surface area (Å²) in [6, 6.07) is 3.16. The van der Waals surface area contributed by atoms with Crippen molar-refractivity contribution < 1.29 is 8.42 Å². The number of hydrogen-bond acceptors (Lipinski definition) is 5. The summed E-state index contributed by atoms with van der Waals surface area (Å²) >= 11 is 5.65. The molecule has 7 nitrogen and oxygen atoms in total. The second kappa shape index (κ2) is 3.81. The molecule has 0 atom stereocenters. The Morgan fingerprint density at radius 1 is 1.38 bits per heavy atom. The van der Waals surface area contributed by atoms with E-state index in [9.17, 15) is 8.42 Å². The summed E-state index contributed by atoms with van der Waals surface area (Å²) in [7, 11) is -3.88. The van der Waals surface area contributed by atoms with E-state index in [4.69, 9.17) is 16.7 Å². The highest BCUT2D eigenvalue weighted by Crippen LogP contribution is 2.15. The number of nitrogens with zero attached hydrogens (tertiary/aromatic N) is 3. The second-order valence-electron chi connectivity index (χ2n) is 2.87. The van der Waals surface area contributed by atoms with Gasteiger partial charge >= 0.3 is 0 Å². The summed E-state index contributed by atoms with van der Waals surface area (Å²) in [5.74, 6) is 0.140. The topological polar surface area (TPSA) is 115 Å². The molecule has 0 unspecified atom stereocenters. The van der Waals surface area contributed by atoms with Gasteiger partial charge in [0.05, 0.1) is 5.02 Å². The molecule has 2 rings (SSSR count). The van der Waals surface area contributed by atoms with Crippen LogP contribution in [-0.4, -0.2) is 28.6 Å². The van der Waals surface area contributed by atoms with Crippen molar-refractivity contribution in [2.75, 3.05) is 0 Å². The van der Waals surface area contributed by atoms with Gasteiger partial charge in [0.1, 0.15) is 5.69 Å². The van der Waals surface area contributed by atoms with Crippen LogP contribution in [0.1, 0.15) is 0 Å². The largest absolute Gasteiger partial charge is 0.273 e. The Hall–Kier alpha value is -1.51. The van der Waals surface area contributed by atoms with Crippen LogP contribution in [0.4, 0.5) is 0 Å². The van der Waals surface area contributed by atoms with Crippen molar-refractivity contribution >= 4 is 21.6 Å². The Bertz CT molecular complexity index is 606. The molecule has 0 aromatic carbocycles. The monoisotopic (exact) mass is 259 g/mol. The van der Waals surface area contributed by atoms with Crippen LogP contribution in [0.3, 0.4) is 0 Å². The fourth-order valence-corrected chi connectivity index (χ4v) is 1.50. The van der Waals surface area contributed by atoms with Crippen LogP contribution in [0, 0.1) is 0 Å². The van der Waals surface area contributed by atoms with E-state index in [0.29, 0.717) is 10.7 Å². The number of aromatic amines is 1. The number of hydrogen-bond donors (Lipinski definition) is 2. The molecule has 0 fully saturated rings. The zero-order valence-corrected chi connectivity index (χ0v) is 9.33. The lowest BCUT2D eigenvalue weighted by molar-refractivity contribution is 0.589. The van der Waals surface area contributed by atoms with Gasteiger partial charge in [-0.1, -0.05) is 11.6 Å². The van der Waals surface area contributed by atoms with Crippen molar-refractivity contribution in [3.63, 3.8) is 0 Å². The quantitative estimate of drug-likeness (QED) is 0.798. The summed E-state index contributed by atoms with van der Waals surface area (Å²) in [4.78, 5) is 7.63. The standard InChI is InChI=1S/C7H6ClN5O2S/c8-4-1-2-5(10-3-4)6-11-7(13-12-6)16(9,14)15/h1-3H,(H2,9,14,15)(H,11,12,13). The lowest BCUT2D eigenvalue weighted by Gasteiger charge is -1.93. The van der Waals surface area contributed by atoms with Gasteiger partial charge in [-0.25, -0.2) is 18.7 Å². The van der Waals surface area contributed by atoms with Gasteiger partial charge in [0.2, 0.25) is 5.82 Å². The van der Waals surface area contributed by atoms with Crippen LogP contribution in [0.15, 0.2) is 23.5 Å². The number of aromatic nitrogens is 4. The highest BCUT2D eigenvalue weighted by molar-refractivity contribution is 7.89. The van der Waals surface area contributed by atoms with E-state index < -0.39 is 15.2 Å². The molecular formula is C7H6ClN5O2S. The number of nitrogens with one attached hydrogen (secondary N) is 1. The molecule has 84 valence electrons. The van der Waals surface area contributed by atoms with E-state index in [1.54, 1.807) is 12.1 Å². The van der Waals surface area contributed by atoms with Crippen LogP contribution in [-0.2, 0) is 10.0 Å². The van der Waals surface area contributed by atoms with Gasteiger partial charge < -0.3 is 0 Å². The highest BCUT2D eigenvalue weighted by Gasteiger charge is 2.15. The molecule has 0 saturated heterocycles. The normalized spacial score (nSPS) is 11.6. The number of pyridine rings is 1. The SMILES string of the molecule is NS(=O)(=O)c1nc(-c2ccc(Cl)cn2)n[nH]1. The van der Waals surface area contributed by atoms with Gasteiger partial charge in [-0.05, 0) is 12.1 Å². The minimum absolute atomic E-state index is 0.140. The molecule has 2 heterocycles. The molecular weight excluding hydrogens is 254 g/mol. The minimum Gasteiger partial charge on any atom is -0.251 e. The Morgan fingerprint density at radius 3 is 2.62 bits per heavy atom. The van der Waals surface area contributed by atoms with Gasteiger partial charge in [0.25, 0.3) is 15.2 Å². The minimum atomic E-state index is -3.88. The number of halogens is 1. The molecule has 0 spiro atoms. The summed E-state index contributed by atoms with van der Waals surface area (Å²) in [6.07, 6.45) is 1.41. The number of primary sulfonamides is 1. The predicted octanol–water partition coefficient (Wildman–Crippen LogP) is 0.168. The van der Waals surface area contributed by atoms with E-state index in [1.807, 2.05) is 0 Å². The number of H-pyrrole nitrogens is 1. The molecule has 0 amide bonds. The van der Waals surface area contributed by atoms with Gasteiger partial charge in [-0.15, -0.1) is 0 Å². The summed E-state index contributed by atoms with van der Waals surface area (Å²) < 4.78 is 21.9. The Kier molecular flexibility index (Phi) is 2.62. The molecule has 0 aliphatic rings. The molecule has 2 aromatic rings. The van der Waals surface area contributed by atoms with E-state index in [0.717, 1.165) is 0 Å². The first-order chi connectivity index (χ1) is 7.47. The third-order valence-corrected chi connectivity index (χ3v) is 2.64. The number of sulfonamides is 1. The van der Waals surface area contributed by atoms with Crippen molar-refractivity contribution in [3.8, 4) is 11.5 Å². The maximum atomic E-state index is 10.9. The van der Waals surface area contributed by atoms with E-state index in [-0.39, 0.29) is 5.82 Å². The first-order valence-corrected chi connectivity index (χ1v) is 5.96. The van der Waals surface area contributed by atoms with Gasteiger partial charge in [0.15, 0.2) is 0 Å². The van der Waals surface area contributed by atoms with Gasteiger partial charge in [-0.2, -0.15) is 10.1 Å². The average Bonchev–Trinajstić information content (AvgIpc) is 2.67. The lowest BCUT2D eigenvalue weighted by Crippen LogP contribution is -2.13. The molecule has 0 radical (unpaired) electrons. The first-order valence-electron chi connectivity index (χ1n) is 4.04. The molecule has 16 heavy (non-hydrogen) atoms. The number of rotatable bonds is 2. The van der Waals surface area contributed by atoms with Crippen molar-refractivity contribution in [3.05, 3.63) is 23.4 Å². The Morgan fingerprint density at radius 2 is 2.12 bits per heavy atom. The lowest BCUT2D eigenvalue weighted by atomic mass is 10.3. The van der Waals surface area contributed by atoms with Crippen molar-refractivity contribution in [1.82, 2.24) is 20.2 Å². The predicted molar refractivity (Wildman–Crippen MR) is 56.0 cm³/mol. The zero-order chi connectivity index (χ0) is 11.8. The summed E-state index contributed by atoms with van der Waals surface area (Å²) in [5.41, 5.74) is 0.399. The van der Waals surface area contributed by atoms with E-state index in [2.05, 4.69) is 20.2 Å². The Labute approximate surface area is 95.7 Å². The molecule has 0 aliphatic heterocycles. The summed E-state index contributed by atoms with van der Waals surface area (Å²) in [5, 5.41) is 10.8. The summed E-state index contributed by atoms with van der Waals surface area (Å²) in [6.45, 7) is 0. The van der Waals surface area contributed by atoms with E-state index in [1.165, 1.54) is 6.20 Å². The molecule has 9 heteroatoms. The molecule has 0 aliphatic carbocycles. The van der Waals surface area contributed by atoms with Gasteiger partial charge in [0, 0.05) is 6.20 Å². The fraction of sp³-hybridized carbons (Fsp3) is 0. The Balaban J connectivity index is 2.43. The van der Waals surface area contributed by atoms with Crippen molar-refractivity contribution in [2.24, 2.45) is 5.14 Å². The third-order valence-electron chi connectivity index (χ3n) is 1.69. The molecule has 2 aromatic heterocycles. The highest BCUT2D eigenvalue weighted by atomic mass is 35.5. The van der Waals surface area contributed by atoms with Crippen molar-refractivity contribution in [1.29, 1.82) is 0 Å². The molecule has 3 N–H and O–H groups in total. The molecule has 0 saturated carbocycles. The smallest absolute Gasteiger partial charge is 0.251 e. The fourth-order valence-electron chi connectivity index (χ4n) is 0.997.